The van der Waals surface area contributed by atoms with Gasteiger partial charge in [-0.3, -0.25) is 14.9 Å². The monoisotopic (exact) mass is 293 g/mol. The fourth-order valence-electron chi connectivity index (χ4n) is 1.71. The minimum Gasteiger partial charge on any atom is -0.296 e. The lowest BCUT2D eigenvalue weighted by atomic mass is 9.91. The molecule has 1 aliphatic heterocycles. The van der Waals surface area contributed by atoms with Gasteiger partial charge in [0, 0.05) is 12.3 Å². The van der Waals surface area contributed by atoms with Crippen molar-refractivity contribution in [2.45, 2.75) is 60.8 Å². The number of carbonyl (C=O) groups is 2. The molecule has 1 heterocycles. The Labute approximate surface area is 130 Å². The molecule has 0 aromatic carbocycles. The zero-order valence-corrected chi connectivity index (χ0v) is 14.5. The number of nitrogens with one attached hydrogen (secondary N) is 1. The van der Waals surface area contributed by atoms with Gasteiger partial charge in [0.1, 0.15) is 0 Å². The highest BCUT2D eigenvalue weighted by Crippen LogP contribution is 2.21. The molecule has 21 heavy (non-hydrogen) atoms. The van der Waals surface area contributed by atoms with E-state index in [-0.39, 0.29) is 17.7 Å². The smallest absolute Gasteiger partial charge is 0.230 e. The largest absolute Gasteiger partial charge is 0.296 e. The molecule has 1 N–H and O–H groups in total. The summed E-state index contributed by atoms with van der Waals surface area (Å²) >= 11 is 0. The maximum absolute atomic E-state index is 11.6. The molecule has 1 saturated heterocycles. The molecule has 1 aliphatic rings. The Morgan fingerprint density at radius 3 is 2.19 bits per heavy atom. The predicted octanol–water partition coefficient (Wildman–Crippen LogP) is 4.56. The number of allylic oxidation sites excluding steroid dienone is 5. The van der Waals surface area contributed by atoms with E-state index in [9.17, 15) is 9.59 Å². The molecule has 3 heteroatoms. The molecule has 0 aromatic rings. The first-order chi connectivity index (χ1) is 10.0. The minimum absolute atomic E-state index is 0.109. The van der Waals surface area contributed by atoms with Gasteiger partial charge in [-0.1, -0.05) is 58.1 Å². The SMILES string of the molecule is C=C/C(=C\C=C(C)C)CC1CCC(=O)NC1=O.CC.CC. The highest BCUT2D eigenvalue weighted by molar-refractivity contribution is 5.98. The van der Waals surface area contributed by atoms with Gasteiger partial charge in [0.2, 0.25) is 11.8 Å². The third-order valence-electron chi connectivity index (χ3n) is 2.73. The first-order valence-electron chi connectivity index (χ1n) is 7.83. The summed E-state index contributed by atoms with van der Waals surface area (Å²) < 4.78 is 0. The Kier molecular flexibility index (Phi) is 13.8. The molecule has 0 saturated carbocycles. The lowest BCUT2D eigenvalue weighted by Gasteiger charge is -2.20. The van der Waals surface area contributed by atoms with Crippen LogP contribution in [0.25, 0.3) is 0 Å². The van der Waals surface area contributed by atoms with Crippen molar-refractivity contribution in [3.63, 3.8) is 0 Å². The molecule has 1 atom stereocenters. The molecular formula is C18H31NO2. The Morgan fingerprint density at radius 1 is 1.19 bits per heavy atom. The Hall–Kier alpha value is -1.64. The predicted molar refractivity (Wildman–Crippen MR) is 90.9 cm³/mol. The van der Waals surface area contributed by atoms with Crippen LogP contribution < -0.4 is 5.32 Å². The molecule has 120 valence electrons. The van der Waals surface area contributed by atoms with E-state index in [2.05, 4.69) is 11.9 Å². The molecule has 3 nitrogen and oxygen atoms in total. The van der Waals surface area contributed by atoms with Crippen molar-refractivity contribution >= 4 is 11.8 Å². The molecule has 1 unspecified atom stereocenters. The first kappa shape index (κ1) is 21.7. The van der Waals surface area contributed by atoms with Crippen LogP contribution in [0.15, 0.2) is 36.0 Å². The first-order valence-corrected chi connectivity index (χ1v) is 7.83. The van der Waals surface area contributed by atoms with Crippen LogP contribution in [0.1, 0.15) is 60.8 Å². The van der Waals surface area contributed by atoms with E-state index in [4.69, 9.17) is 0 Å². The van der Waals surface area contributed by atoms with Crippen LogP contribution in [-0.2, 0) is 9.59 Å². The summed E-state index contributed by atoms with van der Waals surface area (Å²) in [6, 6.07) is 0. The van der Waals surface area contributed by atoms with Gasteiger partial charge in [0.05, 0.1) is 0 Å². The van der Waals surface area contributed by atoms with Gasteiger partial charge in [-0.15, -0.1) is 0 Å². The van der Waals surface area contributed by atoms with Gasteiger partial charge < -0.3 is 0 Å². The van der Waals surface area contributed by atoms with Gasteiger partial charge in [0.25, 0.3) is 0 Å². The van der Waals surface area contributed by atoms with Crippen LogP contribution in [0.3, 0.4) is 0 Å². The second-order valence-corrected chi connectivity index (χ2v) is 4.54. The van der Waals surface area contributed by atoms with Crippen LogP contribution in [0.4, 0.5) is 0 Å². The second-order valence-electron chi connectivity index (χ2n) is 4.54. The van der Waals surface area contributed by atoms with Crippen molar-refractivity contribution in [2.75, 3.05) is 0 Å². The van der Waals surface area contributed by atoms with Crippen molar-refractivity contribution in [3.05, 3.63) is 36.0 Å². The lowest BCUT2D eigenvalue weighted by molar-refractivity contribution is -0.136. The second kappa shape index (κ2) is 13.3. The average molecular weight is 293 g/mol. The lowest BCUT2D eigenvalue weighted by Crippen LogP contribution is -2.40. The van der Waals surface area contributed by atoms with Crippen molar-refractivity contribution in [1.29, 1.82) is 0 Å². The topological polar surface area (TPSA) is 46.2 Å². The fraction of sp³-hybridized carbons (Fsp3) is 0.556. The van der Waals surface area contributed by atoms with Gasteiger partial charge in [0.15, 0.2) is 0 Å². The number of carbonyl (C=O) groups excluding carboxylic acids is 2. The van der Waals surface area contributed by atoms with E-state index in [1.165, 1.54) is 5.57 Å². The highest BCUT2D eigenvalue weighted by Gasteiger charge is 2.26. The Balaban J connectivity index is 0. The average Bonchev–Trinajstić information content (AvgIpc) is 2.49. The van der Waals surface area contributed by atoms with Crippen molar-refractivity contribution < 1.29 is 9.59 Å². The van der Waals surface area contributed by atoms with Crippen molar-refractivity contribution in [2.24, 2.45) is 5.92 Å². The molecule has 0 spiro atoms. The quantitative estimate of drug-likeness (QED) is 0.610. The van der Waals surface area contributed by atoms with Gasteiger partial charge >= 0.3 is 0 Å². The summed E-state index contributed by atoms with van der Waals surface area (Å²) in [5, 5.41) is 2.37. The van der Waals surface area contributed by atoms with Gasteiger partial charge in [-0.05, 0) is 32.3 Å². The summed E-state index contributed by atoms with van der Waals surface area (Å²) in [7, 11) is 0. The molecule has 1 fully saturated rings. The zero-order valence-electron chi connectivity index (χ0n) is 14.5. The molecule has 0 aliphatic carbocycles. The van der Waals surface area contributed by atoms with E-state index in [1.54, 1.807) is 6.08 Å². The van der Waals surface area contributed by atoms with Crippen LogP contribution in [0, 0.1) is 5.92 Å². The minimum atomic E-state index is -0.167. The van der Waals surface area contributed by atoms with Crippen LogP contribution in [0.5, 0.6) is 0 Å². The number of piperidine rings is 1. The number of hydrogen-bond acceptors (Lipinski definition) is 2. The number of imide groups is 1. The molecule has 2 amide bonds. The van der Waals surface area contributed by atoms with Crippen LogP contribution >= 0.6 is 0 Å². The van der Waals surface area contributed by atoms with Crippen molar-refractivity contribution in [1.82, 2.24) is 5.32 Å². The maximum atomic E-state index is 11.6. The van der Waals surface area contributed by atoms with E-state index in [0.717, 1.165) is 5.57 Å². The molecule has 0 radical (unpaired) electrons. The standard InChI is InChI=1S/C14H19NO2.2C2H6/c1-4-11(6-5-10(2)3)9-12-7-8-13(16)15-14(12)17;2*1-2/h4-6,12H,1,7-9H2,2-3H3,(H,15,16,17);2*1-2H3/b11-6+;;. The summed E-state index contributed by atoms with van der Waals surface area (Å²) in [4.78, 5) is 22.6. The normalized spacial score (nSPS) is 17.4. The fourth-order valence-corrected chi connectivity index (χ4v) is 1.71. The van der Waals surface area contributed by atoms with E-state index in [0.29, 0.717) is 19.3 Å². The molecule has 0 aromatic heterocycles. The molecule has 1 rings (SSSR count). The third-order valence-corrected chi connectivity index (χ3v) is 2.73. The van der Waals surface area contributed by atoms with Gasteiger partial charge in [-0.2, -0.15) is 0 Å². The van der Waals surface area contributed by atoms with E-state index < -0.39 is 0 Å². The van der Waals surface area contributed by atoms with E-state index >= 15 is 0 Å². The number of rotatable bonds is 4. The molecular weight excluding hydrogens is 262 g/mol. The Morgan fingerprint density at radius 2 is 1.76 bits per heavy atom. The number of hydrogen-bond donors (Lipinski definition) is 1. The summed E-state index contributed by atoms with van der Waals surface area (Å²) in [6.07, 6.45) is 7.46. The number of amides is 2. The zero-order chi connectivity index (χ0) is 16.8. The van der Waals surface area contributed by atoms with Crippen LogP contribution in [0.2, 0.25) is 0 Å². The Bertz CT molecular complexity index is 388. The van der Waals surface area contributed by atoms with Crippen molar-refractivity contribution in [3.8, 4) is 0 Å². The molecule has 0 bridgehead atoms. The summed E-state index contributed by atoms with van der Waals surface area (Å²) in [5.41, 5.74) is 2.23. The summed E-state index contributed by atoms with van der Waals surface area (Å²) in [5.74, 6) is -0.437. The highest BCUT2D eigenvalue weighted by atomic mass is 16.2. The van der Waals surface area contributed by atoms with Crippen LogP contribution in [-0.4, -0.2) is 11.8 Å². The third kappa shape index (κ3) is 9.83. The maximum Gasteiger partial charge on any atom is 0.230 e. The summed E-state index contributed by atoms with van der Waals surface area (Å²) in [6.45, 7) is 15.8. The van der Waals surface area contributed by atoms with E-state index in [1.807, 2.05) is 53.7 Å². The van der Waals surface area contributed by atoms with Gasteiger partial charge in [-0.25, -0.2) is 0 Å².